The number of halogens is 1. The van der Waals surface area contributed by atoms with Crippen molar-refractivity contribution in [3.8, 4) is 5.75 Å². The molecule has 2 aromatic rings. The van der Waals surface area contributed by atoms with Gasteiger partial charge in [-0.05, 0) is 18.2 Å². The van der Waals surface area contributed by atoms with Gasteiger partial charge in [-0.1, -0.05) is 22.0 Å². The molecule has 0 unspecified atom stereocenters. The zero-order chi connectivity index (χ0) is 13.8. The highest BCUT2D eigenvalue weighted by Crippen LogP contribution is 2.16. The lowest BCUT2D eigenvalue weighted by atomic mass is 10.3. The minimum Gasteiger partial charge on any atom is -0.490 e. The zero-order valence-corrected chi connectivity index (χ0v) is 11.6. The third-order valence-electron chi connectivity index (χ3n) is 2.32. The lowest BCUT2D eigenvalue weighted by Crippen LogP contribution is -2.15. The molecule has 6 heteroatoms. The van der Waals surface area contributed by atoms with Crippen molar-refractivity contribution < 1.29 is 13.9 Å². The lowest BCUT2D eigenvalue weighted by molar-refractivity contribution is 0.0993. The first-order valence-electron chi connectivity index (χ1n) is 5.34. The number of methoxy groups -OCH3 is 1. The summed E-state index contributed by atoms with van der Waals surface area (Å²) in [6, 6.07) is 8.17. The van der Waals surface area contributed by atoms with Gasteiger partial charge < -0.3 is 14.5 Å². The first-order valence-corrected chi connectivity index (χ1v) is 6.13. The fourth-order valence-electron chi connectivity index (χ4n) is 1.43. The quantitative estimate of drug-likeness (QED) is 0.942. The van der Waals surface area contributed by atoms with Gasteiger partial charge in [-0.15, -0.1) is 0 Å². The second-order valence-corrected chi connectivity index (χ2v) is 4.56. The topological polar surface area (TPSA) is 68.5 Å². The van der Waals surface area contributed by atoms with E-state index >= 15 is 0 Å². The van der Waals surface area contributed by atoms with Gasteiger partial charge in [-0.2, -0.15) is 0 Å². The molecule has 1 heterocycles. The number of anilines is 1. The van der Waals surface area contributed by atoms with Gasteiger partial charge in [0.2, 0.25) is 11.2 Å². The number of nitrogens with one attached hydrogen (secondary N) is 1. The molecule has 1 aromatic carbocycles. The Kier molecular flexibility index (Phi) is 4.01. The SMILES string of the molecule is COc1coc(C(=O)Nc2cccc(Br)c2)cc1=O. The molecule has 0 spiro atoms. The molecule has 0 saturated heterocycles. The van der Waals surface area contributed by atoms with Crippen LogP contribution in [-0.2, 0) is 0 Å². The molecule has 1 N–H and O–H groups in total. The van der Waals surface area contributed by atoms with E-state index in [9.17, 15) is 9.59 Å². The van der Waals surface area contributed by atoms with Crippen molar-refractivity contribution in [1.82, 2.24) is 0 Å². The summed E-state index contributed by atoms with van der Waals surface area (Å²) in [5.74, 6) is -0.525. The summed E-state index contributed by atoms with van der Waals surface area (Å²) in [5.41, 5.74) is 0.186. The number of hydrogen-bond donors (Lipinski definition) is 1. The van der Waals surface area contributed by atoms with Crippen LogP contribution >= 0.6 is 15.9 Å². The monoisotopic (exact) mass is 323 g/mol. The minimum absolute atomic E-state index is 0.0546. The standard InChI is InChI=1S/C13H10BrNO4/c1-18-12-7-19-11(6-10(12)16)13(17)15-9-4-2-3-8(14)5-9/h2-7H,1H3,(H,15,17). The number of rotatable bonds is 3. The Balaban J connectivity index is 2.21. The summed E-state index contributed by atoms with van der Waals surface area (Å²) in [7, 11) is 1.35. The van der Waals surface area contributed by atoms with Crippen LogP contribution in [0.25, 0.3) is 0 Å². The van der Waals surface area contributed by atoms with E-state index in [0.717, 1.165) is 16.8 Å². The van der Waals surface area contributed by atoms with E-state index in [-0.39, 0.29) is 11.5 Å². The Morgan fingerprint density at radius 2 is 2.16 bits per heavy atom. The van der Waals surface area contributed by atoms with Crippen LogP contribution in [-0.4, -0.2) is 13.0 Å². The smallest absolute Gasteiger partial charge is 0.291 e. The molecular formula is C13H10BrNO4. The maximum Gasteiger partial charge on any atom is 0.291 e. The summed E-state index contributed by atoms with van der Waals surface area (Å²) in [6.07, 6.45) is 1.11. The predicted molar refractivity (Wildman–Crippen MR) is 73.6 cm³/mol. The Bertz CT molecular complexity index is 666. The lowest BCUT2D eigenvalue weighted by Gasteiger charge is -2.05. The van der Waals surface area contributed by atoms with Gasteiger partial charge in [0, 0.05) is 16.2 Å². The van der Waals surface area contributed by atoms with E-state index in [1.807, 2.05) is 6.07 Å². The van der Waals surface area contributed by atoms with E-state index in [2.05, 4.69) is 21.2 Å². The van der Waals surface area contributed by atoms with Crippen molar-refractivity contribution in [2.45, 2.75) is 0 Å². The van der Waals surface area contributed by atoms with Crippen LogP contribution in [0.3, 0.4) is 0 Å². The maximum absolute atomic E-state index is 11.9. The normalized spacial score (nSPS) is 10.0. The summed E-state index contributed by atoms with van der Waals surface area (Å²) in [6.45, 7) is 0. The van der Waals surface area contributed by atoms with E-state index < -0.39 is 11.3 Å². The second kappa shape index (κ2) is 5.71. The fourth-order valence-corrected chi connectivity index (χ4v) is 1.83. The van der Waals surface area contributed by atoms with Gasteiger partial charge in [0.25, 0.3) is 5.91 Å². The highest BCUT2D eigenvalue weighted by molar-refractivity contribution is 9.10. The minimum atomic E-state index is -0.502. The molecule has 2 rings (SSSR count). The highest BCUT2D eigenvalue weighted by atomic mass is 79.9. The van der Waals surface area contributed by atoms with Gasteiger partial charge in [-0.3, -0.25) is 9.59 Å². The first kappa shape index (κ1) is 13.4. The summed E-state index contributed by atoms with van der Waals surface area (Å²) < 4.78 is 10.6. The van der Waals surface area contributed by atoms with Crippen molar-refractivity contribution in [3.63, 3.8) is 0 Å². The molecule has 0 fully saturated rings. The van der Waals surface area contributed by atoms with Crippen LogP contribution in [0.5, 0.6) is 5.75 Å². The Morgan fingerprint density at radius 3 is 2.79 bits per heavy atom. The Labute approximate surface area is 117 Å². The molecule has 0 bridgehead atoms. The molecule has 5 nitrogen and oxygen atoms in total. The van der Waals surface area contributed by atoms with E-state index in [4.69, 9.17) is 9.15 Å². The van der Waals surface area contributed by atoms with E-state index in [1.165, 1.54) is 7.11 Å². The third-order valence-corrected chi connectivity index (χ3v) is 2.82. The third kappa shape index (κ3) is 3.23. The van der Waals surface area contributed by atoms with Crippen LogP contribution < -0.4 is 15.5 Å². The number of carbonyl (C=O) groups is 1. The largest absolute Gasteiger partial charge is 0.490 e. The molecule has 1 amide bonds. The van der Waals surface area contributed by atoms with Crippen molar-refractivity contribution in [2.24, 2.45) is 0 Å². The number of hydrogen-bond acceptors (Lipinski definition) is 4. The summed E-state index contributed by atoms with van der Waals surface area (Å²) in [5, 5.41) is 2.62. The molecule has 0 saturated carbocycles. The molecule has 0 radical (unpaired) electrons. The van der Waals surface area contributed by atoms with Crippen LogP contribution in [0.1, 0.15) is 10.6 Å². The molecule has 0 aliphatic heterocycles. The van der Waals surface area contributed by atoms with Crippen LogP contribution in [0.15, 0.2) is 50.3 Å². The van der Waals surface area contributed by atoms with E-state index in [1.54, 1.807) is 18.2 Å². The molecule has 19 heavy (non-hydrogen) atoms. The number of carbonyl (C=O) groups excluding carboxylic acids is 1. The zero-order valence-electron chi connectivity index (χ0n) is 9.98. The van der Waals surface area contributed by atoms with E-state index in [0.29, 0.717) is 5.69 Å². The summed E-state index contributed by atoms with van der Waals surface area (Å²) in [4.78, 5) is 23.4. The number of benzene rings is 1. The second-order valence-electron chi connectivity index (χ2n) is 3.64. The molecule has 1 aromatic heterocycles. The summed E-state index contributed by atoms with van der Waals surface area (Å²) >= 11 is 3.30. The van der Waals surface area contributed by atoms with Crippen LogP contribution in [0.4, 0.5) is 5.69 Å². The van der Waals surface area contributed by atoms with Crippen LogP contribution in [0.2, 0.25) is 0 Å². The van der Waals surface area contributed by atoms with Crippen LogP contribution in [0, 0.1) is 0 Å². The number of amides is 1. The van der Waals surface area contributed by atoms with Crippen molar-refractivity contribution in [2.75, 3.05) is 12.4 Å². The molecule has 0 aliphatic rings. The van der Waals surface area contributed by atoms with Gasteiger partial charge in [-0.25, -0.2) is 0 Å². The van der Waals surface area contributed by atoms with Crippen molar-refractivity contribution in [1.29, 1.82) is 0 Å². The predicted octanol–water partition coefficient (Wildman–Crippen LogP) is 2.66. The van der Waals surface area contributed by atoms with Gasteiger partial charge in [0.05, 0.1) is 7.11 Å². The molecule has 0 atom stereocenters. The van der Waals surface area contributed by atoms with Gasteiger partial charge >= 0.3 is 0 Å². The fraction of sp³-hybridized carbons (Fsp3) is 0.0769. The average Bonchev–Trinajstić information content (AvgIpc) is 2.38. The maximum atomic E-state index is 11.9. The van der Waals surface area contributed by atoms with Gasteiger partial charge in [0.1, 0.15) is 6.26 Å². The molecule has 98 valence electrons. The van der Waals surface area contributed by atoms with Crippen molar-refractivity contribution >= 4 is 27.5 Å². The molecular weight excluding hydrogens is 314 g/mol. The first-order chi connectivity index (χ1) is 9.10. The number of ether oxygens (including phenoxy) is 1. The highest BCUT2D eigenvalue weighted by Gasteiger charge is 2.11. The van der Waals surface area contributed by atoms with Crippen molar-refractivity contribution in [3.05, 3.63) is 57.1 Å². The average molecular weight is 324 g/mol. The Morgan fingerprint density at radius 1 is 1.37 bits per heavy atom. The van der Waals surface area contributed by atoms with Gasteiger partial charge in [0.15, 0.2) is 5.76 Å². The molecule has 0 aliphatic carbocycles. The Hall–Kier alpha value is -2.08.